The lowest BCUT2D eigenvalue weighted by Crippen LogP contribution is -2.12. The molecule has 0 aromatic carbocycles. The van der Waals surface area contributed by atoms with E-state index in [1.165, 1.54) is 0 Å². The number of aromatic nitrogens is 3. The first-order valence-corrected chi connectivity index (χ1v) is 6.95. The third-order valence-electron chi connectivity index (χ3n) is 2.93. The molecule has 3 rings (SSSR count). The van der Waals surface area contributed by atoms with Crippen LogP contribution in [-0.2, 0) is 0 Å². The van der Waals surface area contributed by atoms with Crippen LogP contribution in [0.2, 0.25) is 0 Å². The summed E-state index contributed by atoms with van der Waals surface area (Å²) in [5, 5.41) is 21.3. The summed E-state index contributed by atoms with van der Waals surface area (Å²) in [6.07, 6.45) is -0.543. The first-order valence-electron chi connectivity index (χ1n) is 6.00. The first-order chi connectivity index (χ1) is 9.24. The number of rotatable bonds is 4. The van der Waals surface area contributed by atoms with E-state index in [2.05, 4.69) is 15.4 Å². The number of anilines is 1. The largest absolute Gasteiger partial charge is 0.387 e. The molecule has 98 valence electrons. The molecule has 0 fully saturated rings. The normalized spacial score (nSPS) is 12.7. The number of aryl methyl sites for hydroxylation is 1. The van der Waals surface area contributed by atoms with Crippen LogP contribution in [0.25, 0.3) is 5.65 Å². The predicted molar refractivity (Wildman–Crippen MR) is 75.5 cm³/mol. The van der Waals surface area contributed by atoms with E-state index in [4.69, 9.17) is 0 Å². The molecule has 0 saturated carbocycles. The van der Waals surface area contributed by atoms with E-state index in [-0.39, 0.29) is 0 Å². The van der Waals surface area contributed by atoms with Crippen LogP contribution in [0.4, 0.5) is 5.95 Å². The average Bonchev–Trinajstić information content (AvgIpc) is 3.05. The summed E-state index contributed by atoms with van der Waals surface area (Å²) in [5.41, 5.74) is 2.74. The van der Waals surface area contributed by atoms with Gasteiger partial charge in [-0.25, -0.2) is 4.52 Å². The number of nitrogens with one attached hydrogen (secondary N) is 1. The number of fused-ring (bicyclic) bond motifs is 1. The molecule has 1 unspecified atom stereocenters. The minimum absolute atomic E-state index is 0.395. The lowest BCUT2D eigenvalue weighted by Gasteiger charge is -2.08. The maximum atomic E-state index is 9.98. The van der Waals surface area contributed by atoms with Crippen molar-refractivity contribution in [3.63, 3.8) is 0 Å². The van der Waals surface area contributed by atoms with Gasteiger partial charge in [0.1, 0.15) is 0 Å². The van der Waals surface area contributed by atoms with E-state index in [1.54, 1.807) is 15.9 Å². The molecule has 19 heavy (non-hydrogen) atoms. The fraction of sp³-hybridized carbons (Fsp3) is 0.231. The molecule has 0 saturated heterocycles. The van der Waals surface area contributed by atoms with Crippen LogP contribution in [0.15, 0.2) is 35.0 Å². The molecule has 3 heterocycles. The van der Waals surface area contributed by atoms with Gasteiger partial charge in [-0.15, -0.1) is 5.10 Å². The van der Waals surface area contributed by atoms with Crippen LogP contribution < -0.4 is 5.32 Å². The van der Waals surface area contributed by atoms with Crippen molar-refractivity contribution in [1.29, 1.82) is 0 Å². The van der Waals surface area contributed by atoms with Gasteiger partial charge in [0.05, 0.1) is 6.10 Å². The van der Waals surface area contributed by atoms with E-state index in [9.17, 15) is 5.11 Å². The lowest BCUT2D eigenvalue weighted by molar-refractivity contribution is 0.192. The minimum atomic E-state index is -0.543. The lowest BCUT2D eigenvalue weighted by atomic mass is 10.2. The highest BCUT2D eigenvalue weighted by Gasteiger charge is 2.10. The van der Waals surface area contributed by atoms with Crippen molar-refractivity contribution in [2.75, 3.05) is 11.9 Å². The Morgan fingerprint density at radius 1 is 1.42 bits per heavy atom. The minimum Gasteiger partial charge on any atom is -0.387 e. The van der Waals surface area contributed by atoms with Crippen LogP contribution in [-0.4, -0.2) is 26.2 Å². The highest BCUT2D eigenvalue weighted by molar-refractivity contribution is 7.07. The molecule has 0 aliphatic heterocycles. The van der Waals surface area contributed by atoms with Gasteiger partial charge in [-0.05, 0) is 41.4 Å². The van der Waals surface area contributed by atoms with Crippen molar-refractivity contribution < 1.29 is 5.11 Å². The molecule has 1 atom stereocenters. The summed E-state index contributed by atoms with van der Waals surface area (Å²) in [5.74, 6) is 0.531. The Morgan fingerprint density at radius 3 is 3.05 bits per heavy atom. The van der Waals surface area contributed by atoms with Gasteiger partial charge in [0.25, 0.3) is 0 Å². The molecular formula is C13H14N4OS. The second kappa shape index (κ2) is 4.99. The first kappa shape index (κ1) is 12.1. The van der Waals surface area contributed by atoms with E-state index in [0.29, 0.717) is 12.5 Å². The monoisotopic (exact) mass is 274 g/mol. The maximum absolute atomic E-state index is 9.98. The molecule has 0 bridgehead atoms. The Balaban J connectivity index is 1.73. The number of aliphatic hydroxyl groups excluding tert-OH is 1. The zero-order valence-corrected chi connectivity index (χ0v) is 11.3. The highest BCUT2D eigenvalue weighted by Crippen LogP contribution is 2.16. The third-order valence-corrected chi connectivity index (χ3v) is 3.63. The smallest absolute Gasteiger partial charge is 0.243 e. The molecule has 3 aromatic rings. The van der Waals surface area contributed by atoms with E-state index in [1.807, 2.05) is 41.9 Å². The Hall–Kier alpha value is -1.92. The van der Waals surface area contributed by atoms with Crippen molar-refractivity contribution >= 4 is 22.9 Å². The van der Waals surface area contributed by atoms with Crippen molar-refractivity contribution in [2.45, 2.75) is 13.0 Å². The number of pyridine rings is 1. The van der Waals surface area contributed by atoms with Crippen LogP contribution in [0.5, 0.6) is 0 Å². The highest BCUT2D eigenvalue weighted by atomic mass is 32.1. The van der Waals surface area contributed by atoms with Gasteiger partial charge in [-0.2, -0.15) is 16.3 Å². The maximum Gasteiger partial charge on any atom is 0.243 e. The summed E-state index contributed by atoms with van der Waals surface area (Å²) in [6.45, 7) is 2.37. The molecule has 0 spiro atoms. The molecular weight excluding hydrogens is 260 g/mol. The van der Waals surface area contributed by atoms with Gasteiger partial charge in [0.2, 0.25) is 5.95 Å². The van der Waals surface area contributed by atoms with Gasteiger partial charge in [0, 0.05) is 12.2 Å². The Labute approximate surface area is 114 Å². The van der Waals surface area contributed by atoms with E-state index >= 15 is 0 Å². The zero-order chi connectivity index (χ0) is 13.2. The topological polar surface area (TPSA) is 62.5 Å². The van der Waals surface area contributed by atoms with Crippen LogP contribution >= 0.6 is 11.3 Å². The molecule has 5 nitrogen and oxygen atoms in total. The summed E-state index contributed by atoms with van der Waals surface area (Å²) in [6, 6.07) is 7.74. The summed E-state index contributed by atoms with van der Waals surface area (Å²) >= 11 is 1.57. The van der Waals surface area contributed by atoms with Crippen LogP contribution in [0.3, 0.4) is 0 Å². The zero-order valence-electron chi connectivity index (χ0n) is 10.4. The Morgan fingerprint density at radius 2 is 2.32 bits per heavy atom. The fourth-order valence-electron chi connectivity index (χ4n) is 1.88. The quantitative estimate of drug-likeness (QED) is 0.766. The fourth-order valence-corrected chi connectivity index (χ4v) is 2.59. The van der Waals surface area contributed by atoms with Crippen molar-refractivity contribution in [3.8, 4) is 0 Å². The summed E-state index contributed by atoms with van der Waals surface area (Å²) in [4.78, 5) is 4.36. The summed E-state index contributed by atoms with van der Waals surface area (Å²) in [7, 11) is 0. The number of hydrogen-bond acceptors (Lipinski definition) is 5. The van der Waals surface area contributed by atoms with Crippen molar-refractivity contribution in [3.05, 3.63) is 46.3 Å². The number of thiophene rings is 1. The van der Waals surface area contributed by atoms with Gasteiger partial charge in [0.15, 0.2) is 5.65 Å². The molecule has 0 aliphatic rings. The van der Waals surface area contributed by atoms with Crippen molar-refractivity contribution in [2.24, 2.45) is 0 Å². The van der Waals surface area contributed by atoms with Crippen molar-refractivity contribution in [1.82, 2.24) is 14.6 Å². The Kier molecular flexibility index (Phi) is 3.18. The standard InChI is InChI=1S/C13H14N4OS/c1-9-3-2-4-12-15-13(16-17(9)12)14-7-11(18)10-5-6-19-8-10/h2-6,8,11,18H,7H2,1H3,(H,14,16). The second-order valence-corrected chi connectivity index (χ2v) is 5.11. The van der Waals surface area contributed by atoms with E-state index in [0.717, 1.165) is 16.9 Å². The second-order valence-electron chi connectivity index (χ2n) is 4.33. The number of aliphatic hydroxyl groups is 1. The third kappa shape index (κ3) is 2.45. The molecule has 6 heteroatoms. The number of hydrogen-bond donors (Lipinski definition) is 2. The van der Waals surface area contributed by atoms with Gasteiger partial charge >= 0.3 is 0 Å². The van der Waals surface area contributed by atoms with Gasteiger partial charge in [-0.1, -0.05) is 6.07 Å². The average molecular weight is 274 g/mol. The molecule has 0 amide bonds. The SMILES string of the molecule is Cc1cccc2nc(NCC(O)c3ccsc3)nn12. The molecule has 0 radical (unpaired) electrons. The predicted octanol–water partition coefficient (Wildman–Crippen LogP) is 2.24. The molecule has 0 aliphatic carbocycles. The van der Waals surface area contributed by atoms with Gasteiger partial charge < -0.3 is 10.4 Å². The summed E-state index contributed by atoms with van der Waals surface area (Å²) < 4.78 is 1.78. The van der Waals surface area contributed by atoms with Gasteiger partial charge in [-0.3, -0.25) is 0 Å². The molecule has 2 N–H and O–H groups in total. The van der Waals surface area contributed by atoms with E-state index < -0.39 is 6.10 Å². The Bertz CT molecular complexity index is 677. The van der Waals surface area contributed by atoms with Crippen LogP contribution in [0.1, 0.15) is 17.4 Å². The molecule has 3 aromatic heterocycles. The number of nitrogens with zero attached hydrogens (tertiary/aromatic N) is 3. The van der Waals surface area contributed by atoms with Crippen LogP contribution in [0, 0.1) is 6.92 Å².